The van der Waals surface area contributed by atoms with Crippen molar-refractivity contribution in [2.45, 2.75) is 45.2 Å². The van der Waals surface area contributed by atoms with E-state index in [-0.39, 0.29) is 12.1 Å². The van der Waals surface area contributed by atoms with Crippen molar-refractivity contribution in [3.8, 4) is 0 Å². The van der Waals surface area contributed by atoms with Gasteiger partial charge in [0.15, 0.2) is 0 Å². The van der Waals surface area contributed by atoms with Crippen LogP contribution in [-0.4, -0.2) is 21.0 Å². The number of nitrogens with two attached hydrogens (primary N) is 1. The zero-order chi connectivity index (χ0) is 13.7. The van der Waals surface area contributed by atoms with E-state index in [2.05, 4.69) is 41.5 Å². The summed E-state index contributed by atoms with van der Waals surface area (Å²) in [6.45, 7) is 4.18. The topological polar surface area (TPSA) is 56.7 Å². The first-order valence-corrected chi connectivity index (χ1v) is 6.92. The molecule has 0 fully saturated rings. The van der Waals surface area contributed by atoms with Gasteiger partial charge in [-0.2, -0.15) is 0 Å². The second kappa shape index (κ2) is 6.48. The molecule has 4 nitrogen and oxygen atoms in total. The molecule has 2 N–H and O–H groups in total. The van der Waals surface area contributed by atoms with Crippen LogP contribution >= 0.6 is 0 Å². The van der Waals surface area contributed by atoms with Crippen molar-refractivity contribution in [1.82, 2.24) is 15.0 Å². The molecule has 0 radical (unpaired) electrons. The molecular weight excluding hydrogens is 236 g/mol. The Kier molecular flexibility index (Phi) is 4.68. The average Bonchev–Trinajstić information content (AvgIpc) is 2.84. The van der Waals surface area contributed by atoms with Gasteiger partial charge in [0, 0.05) is 18.7 Å². The average molecular weight is 258 g/mol. The van der Waals surface area contributed by atoms with Gasteiger partial charge in [-0.15, -0.1) is 5.10 Å². The van der Waals surface area contributed by atoms with Gasteiger partial charge in [-0.05, 0) is 18.9 Å². The molecule has 2 unspecified atom stereocenters. The van der Waals surface area contributed by atoms with E-state index >= 15 is 0 Å². The Hall–Kier alpha value is -1.68. The highest BCUT2D eigenvalue weighted by molar-refractivity contribution is 5.19. The zero-order valence-corrected chi connectivity index (χ0v) is 11.7. The van der Waals surface area contributed by atoms with Crippen LogP contribution in [0.25, 0.3) is 0 Å². The second-order valence-corrected chi connectivity index (χ2v) is 5.09. The van der Waals surface area contributed by atoms with Crippen LogP contribution in [0.5, 0.6) is 0 Å². The van der Waals surface area contributed by atoms with E-state index in [1.165, 1.54) is 5.56 Å². The highest BCUT2D eigenvalue weighted by Crippen LogP contribution is 2.22. The summed E-state index contributed by atoms with van der Waals surface area (Å²) < 4.78 is 1.97. The van der Waals surface area contributed by atoms with Crippen LogP contribution in [0.4, 0.5) is 0 Å². The minimum absolute atomic E-state index is 0.117. The van der Waals surface area contributed by atoms with Crippen LogP contribution in [-0.2, 0) is 6.42 Å². The lowest BCUT2D eigenvalue weighted by atomic mass is 10.0. The lowest BCUT2D eigenvalue weighted by Crippen LogP contribution is -2.18. The third-order valence-electron chi connectivity index (χ3n) is 3.15. The van der Waals surface area contributed by atoms with Crippen molar-refractivity contribution >= 4 is 0 Å². The van der Waals surface area contributed by atoms with Crippen LogP contribution in [0.1, 0.15) is 44.0 Å². The fourth-order valence-corrected chi connectivity index (χ4v) is 2.29. The lowest BCUT2D eigenvalue weighted by Gasteiger charge is -2.16. The molecule has 0 spiro atoms. The number of nitrogens with zero attached hydrogens (tertiary/aromatic N) is 3. The van der Waals surface area contributed by atoms with Crippen molar-refractivity contribution in [3.63, 3.8) is 0 Å². The summed E-state index contributed by atoms with van der Waals surface area (Å²) in [5.41, 5.74) is 8.05. The molecule has 0 amide bonds. The Bertz CT molecular complexity index is 490. The summed E-state index contributed by atoms with van der Waals surface area (Å²) in [7, 11) is 0. The van der Waals surface area contributed by atoms with Crippen LogP contribution in [0.2, 0.25) is 0 Å². The molecule has 0 aliphatic heterocycles. The first-order chi connectivity index (χ1) is 9.20. The third-order valence-corrected chi connectivity index (χ3v) is 3.15. The van der Waals surface area contributed by atoms with Gasteiger partial charge in [0.05, 0.1) is 11.7 Å². The molecule has 102 valence electrons. The monoisotopic (exact) mass is 258 g/mol. The van der Waals surface area contributed by atoms with Crippen LogP contribution < -0.4 is 5.73 Å². The normalized spacial score (nSPS) is 14.3. The number of benzene rings is 1. The van der Waals surface area contributed by atoms with Crippen LogP contribution in [0, 0.1) is 0 Å². The Balaban J connectivity index is 2.22. The molecule has 1 aromatic heterocycles. The van der Waals surface area contributed by atoms with E-state index in [1.54, 1.807) is 0 Å². The van der Waals surface area contributed by atoms with E-state index in [1.807, 2.05) is 23.9 Å². The minimum atomic E-state index is 0.117. The molecule has 0 saturated heterocycles. The smallest absolute Gasteiger partial charge is 0.0842 e. The van der Waals surface area contributed by atoms with Crippen molar-refractivity contribution in [1.29, 1.82) is 0 Å². The van der Waals surface area contributed by atoms with Gasteiger partial charge < -0.3 is 5.73 Å². The summed E-state index contributed by atoms with van der Waals surface area (Å²) in [5, 5.41) is 8.49. The summed E-state index contributed by atoms with van der Waals surface area (Å²) >= 11 is 0. The number of hydrogen-bond donors (Lipinski definition) is 1. The summed E-state index contributed by atoms with van der Waals surface area (Å²) in [5.74, 6) is 0. The molecule has 0 aliphatic carbocycles. The summed E-state index contributed by atoms with van der Waals surface area (Å²) in [4.78, 5) is 0. The first kappa shape index (κ1) is 13.7. The lowest BCUT2D eigenvalue weighted by molar-refractivity contribution is 0.471. The van der Waals surface area contributed by atoms with E-state index in [0.717, 1.165) is 25.0 Å². The van der Waals surface area contributed by atoms with E-state index in [0.29, 0.717) is 0 Å². The second-order valence-electron chi connectivity index (χ2n) is 5.09. The van der Waals surface area contributed by atoms with E-state index in [4.69, 9.17) is 5.73 Å². The first-order valence-electron chi connectivity index (χ1n) is 6.92. The highest BCUT2D eigenvalue weighted by Gasteiger charge is 2.15. The molecule has 1 heterocycles. The maximum absolute atomic E-state index is 5.80. The summed E-state index contributed by atoms with van der Waals surface area (Å²) in [6, 6.07) is 10.8. The van der Waals surface area contributed by atoms with Crippen molar-refractivity contribution < 1.29 is 0 Å². The number of aromatic nitrogens is 3. The van der Waals surface area contributed by atoms with Crippen molar-refractivity contribution in [3.05, 3.63) is 47.8 Å². The standard InChI is InChI=1S/C15H22N4/c1-3-7-15(13-8-5-4-6-9-13)19-11-14(17-18-19)10-12(2)16/h4-6,8-9,11-12,15H,3,7,10,16H2,1-2H3. The maximum Gasteiger partial charge on any atom is 0.0842 e. The highest BCUT2D eigenvalue weighted by atomic mass is 15.4. The molecule has 2 atom stereocenters. The molecule has 1 aromatic carbocycles. The van der Waals surface area contributed by atoms with Crippen LogP contribution in [0.3, 0.4) is 0 Å². The molecule has 0 bridgehead atoms. The molecule has 4 heteroatoms. The predicted molar refractivity (Wildman–Crippen MR) is 76.9 cm³/mol. The SMILES string of the molecule is CCCC(c1ccccc1)n1cc(CC(C)N)nn1. The van der Waals surface area contributed by atoms with Crippen molar-refractivity contribution in [2.24, 2.45) is 5.73 Å². The van der Waals surface area contributed by atoms with Gasteiger partial charge in [-0.25, -0.2) is 4.68 Å². The Morgan fingerprint density at radius 1 is 1.26 bits per heavy atom. The van der Waals surface area contributed by atoms with Gasteiger partial charge in [-0.3, -0.25) is 0 Å². The van der Waals surface area contributed by atoms with E-state index in [9.17, 15) is 0 Å². The Morgan fingerprint density at radius 3 is 2.63 bits per heavy atom. The minimum Gasteiger partial charge on any atom is -0.328 e. The van der Waals surface area contributed by atoms with E-state index < -0.39 is 0 Å². The fraction of sp³-hybridized carbons (Fsp3) is 0.467. The number of hydrogen-bond acceptors (Lipinski definition) is 3. The van der Waals surface area contributed by atoms with Gasteiger partial charge in [0.2, 0.25) is 0 Å². The predicted octanol–water partition coefficient (Wildman–Crippen LogP) is 2.56. The van der Waals surface area contributed by atoms with Gasteiger partial charge in [0.1, 0.15) is 0 Å². The molecule has 0 aliphatic rings. The van der Waals surface area contributed by atoms with Crippen LogP contribution in [0.15, 0.2) is 36.5 Å². The molecule has 0 saturated carbocycles. The largest absolute Gasteiger partial charge is 0.328 e. The zero-order valence-electron chi connectivity index (χ0n) is 11.7. The Morgan fingerprint density at radius 2 is 2.00 bits per heavy atom. The van der Waals surface area contributed by atoms with Gasteiger partial charge in [-0.1, -0.05) is 48.9 Å². The van der Waals surface area contributed by atoms with Gasteiger partial charge >= 0.3 is 0 Å². The maximum atomic E-state index is 5.80. The van der Waals surface area contributed by atoms with Gasteiger partial charge in [0.25, 0.3) is 0 Å². The van der Waals surface area contributed by atoms with Crippen molar-refractivity contribution in [2.75, 3.05) is 0 Å². The quantitative estimate of drug-likeness (QED) is 0.866. The molecule has 2 aromatic rings. The molecule has 2 rings (SSSR count). The third kappa shape index (κ3) is 3.64. The fourth-order valence-electron chi connectivity index (χ4n) is 2.29. The molecule has 19 heavy (non-hydrogen) atoms. The molecular formula is C15H22N4. The Labute approximate surface area is 114 Å². The summed E-state index contributed by atoms with van der Waals surface area (Å²) in [6.07, 6.45) is 4.97. The number of rotatable bonds is 6.